The van der Waals surface area contributed by atoms with Crippen LogP contribution < -0.4 is 0 Å². The Morgan fingerprint density at radius 2 is 1.35 bits per heavy atom. The minimum absolute atomic E-state index is 0.105. The number of nitrogens with zero attached hydrogens (tertiary/aromatic N) is 2. The molecular formula is C12H8N2O3. The summed E-state index contributed by atoms with van der Waals surface area (Å²) in [6.45, 7) is 0. The van der Waals surface area contributed by atoms with E-state index in [4.69, 9.17) is 8.83 Å². The summed E-state index contributed by atoms with van der Waals surface area (Å²) in [5.41, 5.74) is 1.34. The van der Waals surface area contributed by atoms with Crippen LogP contribution in [0.15, 0.2) is 52.0 Å². The van der Waals surface area contributed by atoms with Crippen LogP contribution in [0, 0.1) is 0 Å². The molecule has 0 spiro atoms. The van der Waals surface area contributed by atoms with Gasteiger partial charge in [0.1, 0.15) is 18.3 Å². The SMILES string of the molecule is Oc1cc(-c2ncco2)cc(-c2ncco2)c1. The summed E-state index contributed by atoms with van der Waals surface area (Å²) in [6.07, 6.45) is 6.04. The van der Waals surface area contributed by atoms with Crippen molar-refractivity contribution < 1.29 is 13.9 Å². The van der Waals surface area contributed by atoms with Crippen LogP contribution in [-0.2, 0) is 0 Å². The molecule has 0 fully saturated rings. The Hall–Kier alpha value is -2.56. The van der Waals surface area contributed by atoms with Crippen molar-refractivity contribution in [3.63, 3.8) is 0 Å². The minimum Gasteiger partial charge on any atom is -0.508 e. The fourth-order valence-corrected chi connectivity index (χ4v) is 1.59. The minimum atomic E-state index is 0.105. The van der Waals surface area contributed by atoms with Crippen LogP contribution in [0.25, 0.3) is 22.9 Å². The van der Waals surface area contributed by atoms with Crippen LogP contribution in [0.2, 0.25) is 0 Å². The van der Waals surface area contributed by atoms with E-state index in [1.54, 1.807) is 30.6 Å². The summed E-state index contributed by atoms with van der Waals surface area (Å²) in [7, 11) is 0. The smallest absolute Gasteiger partial charge is 0.226 e. The van der Waals surface area contributed by atoms with Crippen molar-refractivity contribution in [2.45, 2.75) is 0 Å². The lowest BCUT2D eigenvalue weighted by Crippen LogP contribution is -1.82. The lowest BCUT2D eigenvalue weighted by Gasteiger charge is -2.01. The number of rotatable bonds is 2. The van der Waals surface area contributed by atoms with Crippen molar-refractivity contribution in [1.82, 2.24) is 9.97 Å². The van der Waals surface area contributed by atoms with Crippen molar-refractivity contribution in [3.05, 3.63) is 43.1 Å². The maximum Gasteiger partial charge on any atom is 0.226 e. The molecule has 1 aromatic carbocycles. The molecule has 0 amide bonds. The fraction of sp³-hybridized carbons (Fsp3) is 0. The van der Waals surface area contributed by atoms with Gasteiger partial charge in [0.25, 0.3) is 0 Å². The fourth-order valence-electron chi connectivity index (χ4n) is 1.59. The average Bonchev–Trinajstić information content (AvgIpc) is 3.02. The Bertz CT molecular complexity index is 563. The number of benzene rings is 1. The van der Waals surface area contributed by atoms with Gasteiger partial charge in [-0.05, 0) is 18.2 Å². The van der Waals surface area contributed by atoms with E-state index in [0.29, 0.717) is 22.9 Å². The molecule has 5 heteroatoms. The molecule has 0 saturated heterocycles. The van der Waals surface area contributed by atoms with E-state index in [1.165, 1.54) is 12.5 Å². The van der Waals surface area contributed by atoms with Gasteiger partial charge < -0.3 is 13.9 Å². The monoisotopic (exact) mass is 228 g/mol. The first-order chi connectivity index (χ1) is 8.33. The third-order valence-electron chi connectivity index (χ3n) is 2.28. The molecule has 2 aromatic heterocycles. The molecule has 0 saturated carbocycles. The molecule has 3 rings (SSSR count). The lowest BCUT2D eigenvalue weighted by atomic mass is 10.1. The van der Waals surface area contributed by atoms with Gasteiger partial charge in [0.15, 0.2) is 0 Å². The van der Waals surface area contributed by atoms with Crippen molar-refractivity contribution in [1.29, 1.82) is 0 Å². The maximum absolute atomic E-state index is 9.65. The summed E-state index contributed by atoms with van der Waals surface area (Å²) in [6, 6.07) is 4.92. The van der Waals surface area contributed by atoms with E-state index < -0.39 is 0 Å². The van der Waals surface area contributed by atoms with Gasteiger partial charge in [0.2, 0.25) is 11.8 Å². The molecule has 1 N–H and O–H groups in total. The third-order valence-corrected chi connectivity index (χ3v) is 2.28. The lowest BCUT2D eigenvalue weighted by molar-refractivity contribution is 0.474. The second-order valence-electron chi connectivity index (χ2n) is 3.44. The largest absolute Gasteiger partial charge is 0.508 e. The van der Waals surface area contributed by atoms with Crippen LogP contribution in [0.5, 0.6) is 5.75 Å². The van der Waals surface area contributed by atoms with Gasteiger partial charge in [-0.2, -0.15) is 0 Å². The number of aromatic nitrogens is 2. The second-order valence-corrected chi connectivity index (χ2v) is 3.44. The van der Waals surface area contributed by atoms with Crippen molar-refractivity contribution >= 4 is 0 Å². The van der Waals surface area contributed by atoms with E-state index in [2.05, 4.69) is 9.97 Å². The molecule has 84 valence electrons. The van der Waals surface area contributed by atoms with Gasteiger partial charge in [-0.1, -0.05) is 0 Å². The Balaban J connectivity index is 2.13. The first kappa shape index (κ1) is 9.65. The summed E-state index contributed by atoms with van der Waals surface area (Å²) >= 11 is 0. The molecule has 3 aromatic rings. The molecule has 2 heterocycles. The van der Waals surface area contributed by atoms with Crippen molar-refractivity contribution in [2.24, 2.45) is 0 Å². The van der Waals surface area contributed by atoms with Gasteiger partial charge in [-0.15, -0.1) is 0 Å². The standard InChI is InChI=1S/C12H8N2O3/c15-10-6-8(11-13-1-3-16-11)5-9(7-10)12-14-2-4-17-12/h1-7,15H. The molecule has 0 bridgehead atoms. The summed E-state index contributed by atoms with van der Waals surface area (Å²) < 4.78 is 10.3. The highest BCUT2D eigenvalue weighted by atomic mass is 16.3. The molecule has 0 aliphatic rings. The van der Waals surface area contributed by atoms with E-state index in [0.717, 1.165) is 0 Å². The maximum atomic E-state index is 9.65. The summed E-state index contributed by atoms with van der Waals surface area (Å²) in [5, 5.41) is 9.65. The van der Waals surface area contributed by atoms with E-state index in [9.17, 15) is 5.11 Å². The quantitative estimate of drug-likeness (QED) is 0.730. The Labute approximate surface area is 96.4 Å². The summed E-state index contributed by atoms with van der Waals surface area (Å²) in [5.74, 6) is 0.983. The average molecular weight is 228 g/mol. The Kier molecular flexibility index (Phi) is 2.15. The normalized spacial score (nSPS) is 10.6. The molecular weight excluding hydrogens is 220 g/mol. The first-order valence-corrected chi connectivity index (χ1v) is 4.97. The molecule has 0 atom stereocenters. The Morgan fingerprint density at radius 3 is 1.76 bits per heavy atom. The van der Waals surface area contributed by atoms with E-state index >= 15 is 0 Å². The van der Waals surface area contributed by atoms with Crippen molar-refractivity contribution in [2.75, 3.05) is 0 Å². The zero-order valence-corrected chi connectivity index (χ0v) is 8.70. The number of hydrogen-bond acceptors (Lipinski definition) is 5. The molecule has 0 radical (unpaired) electrons. The highest BCUT2D eigenvalue weighted by Gasteiger charge is 2.09. The molecule has 0 unspecified atom stereocenters. The van der Waals surface area contributed by atoms with Crippen LogP contribution in [0.4, 0.5) is 0 Å². The Morgan fingerprint density at radius 1 is 0.824 bits per heavy atom. The van der Waals surface area contributed by atoms with E-state index in [1.807, 2.05) is 0 Å². The number of phenolic OH excluding ortho intramolecular Hbond substituents is 1. The zero-order chi connectivity index (χ0) is 11.7. The van der Waals surface area contributed by atoms with Gasteiger partial charge >= 0.3 is 0 Å². The molecule has 5 nitrogen and oxygen atoms in total. The topological polar surface area (TPSA) is 72.3 Å². The molecule has 0 aliphatic carbocycles. The number of aromatic hydroxyl groups is 1. The highest BCUT2D eigenvalue weighted by molar-refractivity contribution is 5.67. The van der Waals surface area contributed by atoms with Gasteiger partial charge in [0, 0.05) is 11.1 Å². The van der Waals surface area contributed by atoms with Gasteiger partial charge in [-0.25, -0.2) is 9.97 Å². The van der Waals surface area contributed by atoms with Crippen LogP contribution in [-0.4, -0.2) is 15.1 Å². The predicted molar refractivity (Wildman–Crippen MR) is 59.1 cm³/mol. The van der Waals surface area contributed by atoms with Gasteiger partial charge in [0.05, 0.1) is 12.4 Å². The number of hydrogen-bond donors (Lipinski definition) is 1. The predicted octanol–water partition coefficient (Wildman–Crippen LogP) is 2.70. The van der Waals surface area contributed by atoms with Crippen LogP contribution in [0.1, 0.15) is 0 Å². The van der Waals surface area contributed by atoms with Gasteiger partial charge in [-0.3, -0.25) is 0 Å². The second kappa shape index (κ2) is 3.79. The number of phenols is 1. The third kappa shape index (κ3) is 1.78. The van der Waals surface area contributed by atoms with E-state index in [-0.39, 0.29) is 5.75 Å². The molecule has 17 heavy (non-hydrogen) atoms. The summed E-state index contributed by atoms with van der Waals surface area (Å²) in [4.78, 5) is 8.04. The zero-order valence-electron chi connectivity index (χ0n) is 8.70. The molecule has 0 aliphatic heterocycles. The van der Waals surface area contributed by atoms with Crippen LogP contribution >= 0.6 is 0 Å². The van der Waals surface area contributed by atoms with Crippen LogP contribution in [0.3, 0.4) is 0 Å². The first-order valence-electron chi connectivity index (χ1n) is 4.97. The number of oxazole rings is 2. The van der Waals surface area contributed by atoms with Crippen molar-refractivity contribution in [3.8, 4) is 28.7 Å². The highest BCUT2D eigenvalue weighted by Crippen LogP contribution is 2.29.